The Morgan fingerprint density at radius 2 is 1.94 bits per heavy atom. The zero-order valence-electron chi connectivity index (χ0n) is 11.5. The third-order valence-electron chi connectivity index (χ3n) is 3.61. The van der Waals surface area contributed by atoms with Crippen molar-refractivity contribution in [2.24, 2.45) is 0 Å². The number of rotatable bonds is 6. The SMILES string of the molecule is CCN(CC)C(C)(CC)C(=O)c1cncc(F)c1. The van der Waals surface area contributed by atoms with Crippen molar-refractivity contribution in [1.29, 1.82) is 0 Å². The van der Waals surface area contributed by atoms with Crippen LogP contribution in [0.5, 0.6) is 0 Å². The second-order valence-corrected chi connectivity index (χ2v) is 4.52. The first-order valence-corrected chi connectivity index (χ1v) is 6.40. The van der Waals surface area contributed by atoms with Crippen LogP contribution in [-0.2, 0) is 0 Å². The van der Waals surface area contributed by atoms with Gasteiger partial charge in [-0.3, -0.25) is 14.7 Å². The minimum atomic E-state index is -0.598. The number of likely N-dealkylation sites (N-methyl/N-ethyl adjacent to an activating group) is 1. The Labute approximate surface area is 108 Å². The molecule has 4 heteroatoms. The zero-order chi connectivity index (χ0) is 13.8. The fourth-order valence-electron chi connectivity index (χ4n) is 2.30. The van der Waals surface area contributed by atoms with E-state index in [4.69, 9.17) is 0 Å². The molecule has 0 amide bonds. The molecule has 100 valence electrons. The molecule has 0 aliphatic rings. The number of Topliss-reactive ketones (excluding diaryl/α,β-unsaturated/α-hetero) is 1. The van der Waals surface area contributed by atoms with Crippen LogP contribution in [-0.4, -0.2) is 34.3 Å². The molecular weight excluding hydrogens is 231 g/mol. The molecule has 3 nitrogen and oxygen atoms in total. The van der Waals surface area contributed by atoms with Gasteiger partial charge in [-0.25, -0.2) is 4.39 Å². The van der Waals surface area contributed by atoms with Crippen molar-refractivity contribution in [2.75, 3.05) is 13.1 Å². The van der Waals surface area contributed by atoms with E-state index in [2.05, 4.69) is 9.88 Å². The zero-order valence-corrected chi connectivity index (χ0v) is 11.5. The summed E-state index contributed by atoms with van der Waals surface area (Å²) in [6.45, 7) is 9.50. The molecule has 0 bridgehead atoms. The molecule has 0 aromatic carbocycles. The van der Waals surface area contributed by atoms with E-state index in [1.54, 1.807) is 0 Å². The van der Waals surface area contributed by atoms with Crippen molar-refractivity contribution in [2.45, 2.75) is 39.7 Å². The monoisotopic (exact) mass is 252 g/mol. The molecule has 1 heterocycles. The lowest BCUT2D eigenvalue weighted by Gasteiger charge is -2.38. The van der Waals surface area contributed by atoms with Crippen LogP contribution in [0.2, 0.25) is 0 Å². The van der Waals surface area contributed by atoms with E-state index < -0.39 is 11.4 Å². The van der Waals surface area contributed by atoms with Crippen LogP contribution in [0.1, 0.15) is 44.5 Å². The maximum absolute atomic E-state index is 13.2. The van der Waals surface area contributed by atoms with Gasteiger partial charge in [-0.05, 0) is 32.5 Å². The van der Waals surface area contributed by atoms with Gasteiger partial charge in [0.1, 0.15) is 5.82 Å². The van der Waals surface area contributed by atoms with E-state index in [1.807, 2.05) is 27.7 Å². The van der Waals surface area contributed by atoms with E-state index in [-0.39, 0.29) is 5.78 Å². The van der Waals surface area contributed by atoms with Gasteiger partial charge in [0.15, 0.2) is 5.78 Å². The molecule has 0 radical (unpaired) electrons. The first kappa shape index (κ1) is 14.8. The van der Waals surface area contributed by atoms with Gasteiger partial charge in [-0.1, -0.05) is 20.8 Å². The lowest BCUT2D eigenvalue weighted by Crippen LogP contribution is -2.51. The molecule has 0 spiro atoms. The van der Waals surface area contributed by atoms with Gasteiger partial charge in [0.05, 0.1) is 11.7 Å². The largest absolute Gasteiger partial charge is 0.292 e. The highest BCUT2D eigenvalue weighted by Gasteiger charge is 2.36. The van der Waals surface area contributed by atoms with Crippen LogP contribution in [0.25, 0.3) is 0 Å². The van der Waals surface area contributed by atoms with Gasteiger partial charge in [0, 0.05) is 11.8 Å². The summed E-state index contributed by atoms with van der Waals surface area (Å²) in [4.78, 5) is 18.4. The minimum absolute atomic E-state index is 0.0688. The average Bonchev–Trinajstić information content (AvgIpc) is 2.38. The maximum Gasteiger partial charge on any atom is 0.184 e. The lowest BCUT2D eigenvalue weighted by atomic mass is 9.87. The van der Waals surface area contributed by atoms with Gasteiger partial charge in [0.2, 0.25) is 0 Å². The average molecular weight is 252 g/mol. The summed E-state index contributed by atoms with van der Waals surface area (Å²) in [6.07, 6.45) is 3.23. The minimum Gasteiger partial charge on any atom is -0.292 e. The standard InChI is InChI=1S/C14H21FN2O/c1-5-14(4,17(6-2)7-3)13(18)11-8-12(15)10-16-9-11/h8-10H,5-7H2,1-4H3. The Morgan fingerprint density at radius 1 is 1.33 bits per heavy atom. The molecule has 18 heavy (non-hydrogen) atoms. The van der Waals surface area contributed by atoms with Crippen molar-refractivity contribution < 1.29 is 9.18 Å². The predicted octanol–water partition coefficient (Wildman–Crippen LogP) is 2.91. The molecule has 0 saturated carbocycles. The van der Waals surface area contributed by atoms with E-state index in [0.717, 1.165) is 19.3 Å². The molecule has 0 aliphatic carbocycles. The molecule has 1 rings (SSSR count). The number of carbonyl (C=O) groups excluding carboxylic acids is 1. The van der Waals surface area contributed by atoms with Crippen LogP contribution in [0.4, 0.5) is 4.39 Å². The second kappa shape index (κ2) is 6.05. The molecule has 0 aliphatic heterocycles. The molecule has 1 unspecified atom stereocenters. The number of nitrogens with zero attached hydrogens (tertiary/aromatic N) is 2. The van der Waals surface area contributed by atoms with Crippen LogP contribution in [0, 0.1) is 5.82 Å². The summed E-state index contributed by atoms with van der Waals surface area (Å²) < 4.78 is 13.2. The molecular formula is C14H21FN2O. The lowest BCUT2D eigenvalue weighted by molar-refractivity contribution is 0.0607. The second-order valence-electron chi connectivity index (χ2n) is 4.52. The maximum atomic E-state index is 13.2. The number of hydrogen-bond donors (Lipinski definition) is 0. The Morgan fingerprint density at radius 3 is 2.39 bits per heavy atom. The van der Waals surface area contributed by atoms with Crippen LogP contribution < -0.4 is 0 Å². The smallest absolute Gasteiger partial charge is 0.184 e. The molecule has 0 N–H and O–H groups in total. The van der Waals surface area contributed by atoms with E-state index in [9.17, 15) is 9.18 Å². The first-order chi connectivity index (χ1) is 8.49. The van der Waals surface area contributed by atoms with E-state index >= 15 is 0 Å². The van der Waals surface area contributed by atoms with Crippen LogP contribution in [0.3, 0.4) is 0 Å². The highest BCUT2D eigenvalue weighted by molar-refractivity contribution is 6.02. The summed E-state index contributed by atoms with van der Waals surface area (Å²) in [7, 11) is 0. The summed E-state index contributed by atoms with van der Waals surface area (Å²) in [6, 6.07) is 1.26. The van der Waals surface area contributed by atoms with Crippen molar-refractivity contribution in [3.8, 4) is 0 Å². The van der Waals surface area contributed by atoms with Crippen LogP contribution in [0.15, 0.2) is 18.5 Å². The third kappa shape index (κ3) is 2.75. The van der Waals surface area contributed by atoms with Crippen molar-refractivity contribution in [3.05, 3.63) is 29.8 Å². The van der Waals surface area contributed by atoms with E-state index in [0.29, 0.717) is 12.0 Å². The fraction of sp³-hybridized carbons (Fsp3) is 0.571. The Bertz CT molecular complexity index is 418. The van der Waals surface area contributed by atoms with Gasteiger partial charge in [0.25, 0.3) is 0 Å². The quantitative estimate of drug-likeness (QED) is 0.730. The predicted molar refractivity (Wildman–Crippen MR) is 70.1 cm³/mol. The molecule has 1 aromatic rings. The topological polar surface area (TPSA) is 33.2 Å². The van der Waals surface area contributed by atoms with Gasteiger partial charge in [-0.15, -0.1) is 0 Å². The van der Waals surface area contributed by atoms with Gasteiger partial charge in [-0.2, -0.15) is 0 Å². The Balaban J connectivity index is 3.12. The number of halogens is 1. The first-order valence-electron chi connectivity index (χ1n) is 6.40. The summed E-state index contributed by atoms with van der Waals surface area (Å²) in [5.74, 6) is -0.542. The Hall–Kier alpha value is -1.29. The van der Waals surface area contributed by atoms with E-state index in [1.165, 1.54) is 12.3 Å². The summed E-state index contributed by atoms with van der Waals surface area (Å²) in [5, 5.41) is 0. The number of hydrogen-bond acceptors (Lipinski definition) is 3. The molecule has 0 saturated heterocycles. The number of pyridine rings is 1. The number of aromatic nitrogens is 1. The number of ketones is 1. The van der Waals surface area contributed by atoms with Crippen molar-refractivity contribution >= 4 is 5.78 Å². The Kier molecular flexibility index (Phi) is 4.96. The third-order valence-corrected chi connectivity index (χ3v) is 3.61. The molecule has 1 atom stereocenters. The highest BCUT2D eigenvalue weighted by atomic mass is 19.1. The summed E-state index contributed by atoms with van der Waals surface area (Å²) >= 11 is 0. The fourth-order valence-corrected chi connectivity index (χ4v) is 2.30. The van der Waals surface area contributed by atoms with Gasteiger partial charge >= 0.3 is 0 Å². The number of carbonyl (C=O) groups is 1. The van der Waals surface area contributed by atoms with Gasteiger partial charge < -0.3 is 0 Å². The highest BCUT2D eigenvalue weighted by Crippen LogP contribution is 2.24. The molecule has 0 fully saturated rings. The van der Waals surface area contributed by atoms with Crippen LogP contribution >= 0.6 is 0 Å². The normalized spacial score (nSPS) is 14.6. The molecule has 1 aromatic heterocycles. The van der Waals surface area contributed by atoms with Crippen molar-refractivity contribution in [1.82, 2.24) is 9.88 Å². The summed E-state index contributed by atoms with van der Waals surface area (Å²) in [5.41, 5.74) is -0.259. The van der Waals surface area contributed by atoms with Crippen molar-refractivity contribution in [3.63, 3.8) is 0 Å².